The van der Waals surface area contributed by atoms with E-state index >= 15 is 0 Å². The minimum absolute atomic E-state index is 0.125. The van der Waals surface area contributed by atoms with E-state index in [9.17, 15) is 4.79 Å². The second-order valence-electron chi connectivity index (χ2n) is 7.68. The SMILES string of the molecule is COc1ccccc1NC(=O)N1CCN(c2ccc(-c3ccc(C)c(C)c3)nn2)CC1. The Morgan fingerprint density at radius 1 is 0.935 bits per heavy atom. The molecule has 1 fully saturated rings. The number of methoxy groups -OCH3 is 1. The number of nitrogens with zero attached hydrogens (tertiary/aromatic N) is 4. The number of anilines is 2. The molecule has 0 spiro atoms. The molecule has 160 valence electrons. The van der Waals surface area contributed by atoms with Crippen LogP contribution in [0.25, 0.3) is 11.3 Å². The topological polar surface area (TPSA) is 70.6 Å². The molecule has 0 aliphatic carbocycles. The quantitative estimate of drug-likeness (QED) is 0.691. The Morgan fingerprint density at radius 2 is 1.71 bits per heavy atom. The van der Waals surface area contributed by atoms with E-state index in [0.717, 1.165) is 17.1 Å². The van der Waals surface area contributed by atoms with Crippen molar-refractivity contribution in [1.82, 2.24) is 15.1 Å². The van der Waals surface area contributed by atoms with Gasteiger partial charge in [0.1, 0.15) is 5.75 Å². The van der Waals surface area contributed by atoms with Crippen LogP contribution in [0.3, 0.4) is 0 Å². The van der Waals surface area contributed by atoms with Crippen LogP contribution in [0.4, 0.5) is 16.3 Å². The van der Waals surface area contributed by atoms with Gasteiger partial charge in [-0.1, -0.05) is 24.3 Å². The summed E-state index contributed by atoms with van der Waals surface area (Å²) in [4.78, 5) is 16.6. The molecule has 1 saturated heterocycles. The molecule has 2 aromatic carbocycles. The number of piperazine rings is 1. The van der Waals surface area contributed by atoms with Gasteiger partial charge in [-0.2, -0.15) is 0 Å². The molecule has 0 atom stereocenters. The number of carbonyl (C=O) groups excluding carboxylic acids is 1. The lowest BCUT2D eigenvalue weighted by atomic mass is 10.0. The predicted molar refractivity (Wildman–Crippen MR) is 123 cm³/mol. The van der Waals surface area contributed by atoms with Crippen LogP contribution in [0.15, 0.2) is 54.6 Å². The minimum Gasteiger partial charge on any atom is -0.495 e. The van der Waals surface area contributed by atoms with Gasteiger partial charge in [0, 0.05) is 31.7 Å². The minimum atomic E-state index is -0.125. The molecule has 0 saturated carbocycles. The van der Waals surface area contributed by atoms with Crippen LogP contribution < -0.4 is 15.0 Å². The Balaban J connectivity index is 1.36. The fourth-order valence-corrected chi connectivity index (χ4v) is 3.63. The number of nitrogens with one attached hydrogen (secondary N) is 1. The summed E-state index contributed by atoms with van der Waals surface area (Å²) < 4.78 is 5.31. The predicted octanol–water partition coefficient (Wildman–Crippen LogP) is 4.12. The lowest BCUT2D eigenvalue weighted by Crippen LogP contribution is -2.50. The van der Waals surface area contributed by atoms with E-state index in [1.807, 2.05) is 36.4 Å². The summed E-state index contributed by atoms with van der Waals surface area (Å²) in [7, 11) is 1.59. The molecule has 1 aliphatic heterocycles. The van der Waals surface area contributed by atoms with Gasteiger partial charge in [-0.3, -0.25) is 0 Å². The van der Waals surface area contributed by atoms with Gasteiger partial charge in [0.2, 0.25) is 0 Å². The number of ether oxygens (including phenoxy) is 1. The molecule has 31 heavy (non-hydrogen) atoms. The van der Waals surface area contributed by atoms with Crippen molar-refractivity contribution in [2.24, 2.45) is 0 Å². The van der Waals surface area contributed by atoms with Crippen LogP contribution in [-0.2, 0) is 0 Å². The number of aryl methyl sites for hydroxylation is 2. The van der Waals surface area contributed by atoms with Crippen molar-refractivity contribution in [1.29, 1.82) is 0 Å². The maximum Gasteiger partial charge on any atom is 0.322 e. The van der Waals surface area contributed by atoms with Crippen molar-refractivity contribution >= 4 is 17.5 Å². The highest BCUT2D eigenvalue weighted by atomic mass is 16.5. The second-order valence-corrected chi connectivity index (χ2v) is 7.68. The van der Waals surface area contributed by atoms with Gasteiger partial charge in [0.25, 0.3) is 0 Å². The lowest BCUT2D eigenvalue weighted by molar-refractivity contribution is 0.208. The molecule has 2 amide bonds. The Labute approximate surface area is 182 Å². The Bertz CT molecular complexity index is 1060. The molecule has 1 aromatic heterocycles. The van der Waals surface area contributed by atoms with Crippen LogP contribution in [-0.4, -0.2) is 54.4 Å². The zero-order valence-corrected chi connectivity index (χ0v) is 18.1. The monoisotopic (exact) mass is 417 g/mol. The maximum atomic E-state index is 12.6. The number of para-hydroxylation sites is 2. The van der Waals surface area contributed by atoms with Crippen LogP contribution in [0, 0.1) is 13.8 Å². The standard InChI is InChI=1S/C24H27N5O2/c1-17-8-9-19(16-18(17)2)20-10-11-23(27-26-20)28-12-14-29(15-13-28)24(30)25-21-6-4-5-7-22(21)31-3/h4-11,16H,12-15H2,1-3H3,(H,25,30). The van der Waals surface area contributed by atoms with E-state index < -0.39 is 0 Å². The fourth-order valence-electron chi connectivity index (χ4n) is 3.63. The smallest absolute Gasteiger partial charge is 0.322 e. The van der Waals surface area contributed by atoms with Gasteiger partial charge in [-0.25, -0.2) is 4.79 Å². The Kier molecular flexibility index (Phi) is 6.02. The Morgan fingerprint density at radius 3 is 2.39 bits per heavy atom. The van der Waals surface area contributed by atoms with Crippen molar-refractivity contribution in [2.75, 3.05) is 43.5 Å². The molecule has 0 unspecified atom stereocenters. The molecule has 2 heterocycles. The molecular weight excluding hydrogens is 390 g/mol. The van der Waals surface area contributed by atoms with E-state index in [1.54, 1.807) is 12.0 Å². The number of aromatic nitrogens is 2. The molecule has 3 aromatic rings. The lowest BCUT2D eigenvalue weighted by Gasteiger charge is -2.35. The highest BCUT2D eigenvalue weighted by Crippen LogP contribution is 2.24. The van der Waals surface area contributed by atoms with Crippen molar-refractivity contribution in [2.45, 2.75) is 13.8 Å². The molecule has 7 heteroatoms. The summed E-state index contributed by atoms with van der Waals surface area (Å²) in [5.41, 5.74) is 5.11. The van der Waals surface area contributed by atoms with Crippen LogP contribution in [0.5, 0.6) is 5.75 Å². The highest BCUT2D eigenvalue weighted by molar-refractivity contribution is 5.91. The zero-order chi connectivity index (χ0) is 21.8. The Hall–Kier alpha value is -3.61. The first-order valence-electron chi connectivity index (χ1n) is 10.4. The summed E-state index contributed by atoms with van der Waals surface area (Å²) in [5, 5.41) is 11.8. The summed E-state index contributed by atoms with van der Waals surface area (Å²) >= 11 is 0. The zero-order valence-electron chi connectivity index (χ0n) is 18.1. The van der Waals surface area contributed by atoms with E-state index in [1.165, 1.54) is 11.1 Å². The largest absolute Gasteiger partial charge is 0.495 e. The number of rotatable bonds is 4. The summed E-state index contributed by atoms with van der Waals surface area (Å²) in [6.45, 7) is 6.84. The van der Waals surface area contributed by atoms with Gasteiger partial charge in [-0.15, -0.1) is 10.2 Å². The molecule has 0 bridgehead atoms. The van der Waals surface area contributed by atoms with Crippen molar-refractivity contribution in [3.63, 3.8) is 0 Å². The van der Waals surface area contributed by atoms with E-state index in [2.05, 4.69) is 52.5 Å². The van der Waals surface area contributed by atoms with Gasteiger partial charge in [0.15, 0.2) is 5.82 Å². The molecule has 4 rings (SSSR count). The average Bonchev–Trinajstić information content (AvgIpc) is 2.81. The van der Waals surface area contributed by atoms with Gasteiger partial charge in [0.05, 0.1) is 18.5 Å². The normalized spacial score (nSPS) is 13.8. The number of benzene rings is 2. The summed E-state index contributed by atoms with van der Waals surface area (Å²) in [6, 6.07) is 17.6. The number of carbonyl (C=O) groups is 1. The highest BCUT2D eigenvalue weighted by Gasteiger charge is 2.23. The summed E-state index contributed by atoms with van der Waals surface area (Å²) in [6.07, 6.45) is 0. The number of amides is 2. The van der Waals surface area contributed by atoms with Crippen LogP contribution >= 0.6 is 0 Å². The first kappa shape index (κ1) is 20.7. The van der Waals surface area contributed by atoms with E-state index in [0.29, 0.717) is 37.6 Å². The average molecular weight is 418 g/mol. The van der Waals surface area contributed by atoms with E-state index in [-0.39, 0.29) is 6.03 Å². The van der Waals surface area contributed by atoms with Crippen molar-refractivity contribution in [3.8, 4) is 17.0 Å². The number of hydrogen-bond acceptors (Lipinski definition) is 5. The van der Waals surface area contributed by atoms with Gasteiger partial charge >= 0.3 is 6.03 Å². The van der Waals surface area contributed by atoms with Crippen molar-refractivity contribution in [3.05, 3.63) is 65.7 Å². The van der Waals surface area contributed by atoms with Crippen LogP contribution in [0.2, 0.25) is 0 Å². The first-order valence-corrected chi connectivity index (χ1v) is 10.4. The second kappa shape index (κ2) is 9.04. The third-order valence-corrected chi connectivity index (χ3v) is 5.69. The number of hydrogen-bond donors (Lipinski definition) is 1. The first-order chi connectivity index (χ1) is 15.0. The van der Waals surface area contributed by atoms with Gasteiger partial charge < -0.3 is 19.9 Å². The van der Waals surface area contributed by atoms with E-state index in [4.69, 9.17) is 4.74 Å². The molecule has 1 aliphatic rings. The maximum absolute atomic E-state index is 12.6. The fraction of sp³-hybridized carbons (Fsp3) is 0.292. The number of urea groups is 1. The molecule has 0 radical (unpaired) electrons. The molecular formula is C24H27N5O2. The summed E-state index contributed by atoms with van der Waals surface area (Å²) in [5.74, 6) is 1.48. The van der Waals surface area contributed by atoms with Crippen molar-refractivity contribution < 1.29 is 9.53 Å². The van der Waals surface area contributed by atoms with Crippen LogP contribution in [0.1, 0.15) is 11.1 Å². The third kappa shape index (κ3) is 4.60. The molecule has 7 nitrogen and oxygen atoms in total. The molecule has 1 N–H and O–H groups in total. The van der Waals surface area contributed by atoms with Gasteiger partial charge in [-0.05, 0) is 55.3 Å². The third-order valence-electron chi connectivity index (χ3n) is 5.69.